The molecule has 0 spiro atoms. The average Bonchev–Trinajstić information content (AvgIpc) is 2.29. The number of nitrogens with zero attached hydrogens (tertiary/aromatic N) is 2. The maximum absolute atomic E-state index is 11.5. The minimum absolute atomic E-state index is 0. The number of halogens is 1. The number of carbonyl (C=O) groups excluding carboxylic acids is 1. The highest BCUT2D eigenvalue weighted by atomic mass is 127. The molecule has 0 bridgehead atoms. The van der Waals surface area contributed by atoms with Crippen LogP contribution in [0.15, 0.2) is 24.5 Å². The molecule has 0 amide bonds. The van der Waals surface area contributed by atoms with E-state index in [2.05, 4.69) is 18.1 Å². The fourth-order valence-corrected chi connectivity index (χ4v) is 3.08. The largest absolute Gasteiger partial charge is 1.00 e. The Morgan fingerprint density at radius 3 is 2.89 bits per heavy atom. The summed E-state index contributed by atoms with van der Waals surface area (Å²) in [6.45, 7) is 3.43. The fourth-order valence-electron chi connectivity index (χ4n) is 3.08. The lowest BCUT2D eigenvalue weighted by atomic mass is 9.93. The van der Waals surface area contributed by atoms with Crippen LogP contribution in [0.2, 0.25) is 0 Å². The zero-order chi connectivity index (χ0) is 12.3. The van der Waals surface area contributed by atoms with Crippen molar-refractivity contribution in [3.63, 3.8) is 0 Å². The number of piperidine rings is 1. The van der Waals surface area contributed by atoms with Crippen LogP contribution < -0.4 is 24.0 Å². The molecule has 1 aromatic heterocycles. The lowest BCUT2D eigenvalue weighted by Gasteiger charge is -2.44. The van der Waals surface area contributed by atoms with Gasteiger partial charge in [-0.25, -0.2) is 0 Å². The molecule has 0 saturated carbocycles. The maximum atomic E-state index is 11.5. The van der Waals surface area contributed by atoms with Gasteiger partial charge in [-0.2, -0.15) is 0 Å². The Bertz CT molecular complexity index is 396. The quantitative estimate of drug-likeness (QED) is 0.530. The van der Waals surface area contributed by atoms with Crippen molar-refractivity contribution in [3.05, 3.63) is 30.1 Å². The molecule has 1 aliphatic heterocycles. The van der Waals surface area contributed by atoms with E-state index in [0.29, 0.717) is 12.6 Å². The summed E-state index contributed by atoms with van der Waals surface area (Å²) in [5.74, 6) is 0.281. The lowest BCUT2D eigenvalue weighted by Crippen LogP contribution is -3.00. The van der Waals surface area contributed by atoms with E-state index >= 15 is 0 Å². The van der Waals surface area contributed by atoms with Gasteiger partial charge in [0.1, 0.15) is 12.6 Å². The van der Waals surface area contributed by atoms with Gasteiger partial charge >= 0.3 is 0 Å². The van der Waals surface area contributed by atoms with Gasteiger partial charge in [0, 0.05) is 31.3 Å². The maximum Gasteiger partial charge on any atom is 0.183 e. The summed E-state index contributed by atoms with van der Waals surface area (Å²) in [4.78, 5) is 15.7. The van der Waals surface area contributed by atoms with E-state index in [0.717, 1.165) is 17.4 Å². The second-order valence-electron chi connectivity index (χ2n) is 5.36. The zero-order valence-corrected chi connectivity index (χ0v) is 13.3. The fraction of sp³-hybridized carbons (Fsp3) is 0.571. The molecule has 1 fully saturated rings. The van der Waals surface area contributed by atoms with Gasteiger partial charge in [-0.05, 0) is 18.9 Å². The van der Waals surface area contributed by atoms with E-state index in [4.69, 9.17) is 0 Å². The number of pyridine rings is 1. The summed E-state index contributed by atoms with van der Waals surface area (Å²) in [5.41, 5.74) is 1.27. The smallest absolute Gasteiger partial charge is 0.183 e. The molecule has 100 valence electrons. The van der Waals surface area contributed by atoms with E-state index in [9.17, 15) is 4.79 Å². The SMILES string of the molecule is CC(=O)C[N+]1(C)CCCCC1c1cccnc1.[I-]. The van der Waals surface area contributed by atoms with E-state index in [1.807, 2.05) is 18.5 Å². The molecule has 0 aliphatic carbocycles. The van der Waals surface area contributed by atoms with Gasteiger partial charge in [0.05, 0.1) is 13.6 Å². The monoisotopic (exact) mass is 360 g/mol. The van der Waals surface area contributed by atoms with Crippen LogP contribution in [-0.2, 0) is 4.79 Å². The van der Waals surface area contributed by atoms with Crippen LogP contribution in [0.4, 0.5) is 0 Å². The summed E-state index contributed by atoms with van der Waals surface area (Å²) in [6, 6.07) is 4.56. The number of likely N-dealkylation sites (tertiary alicyclic amines) is 1. The number of Topliss-reactive ketones (excluding diaryl/α,β-unsaturated/α-hetero) is 1. The predicted octanol–water partition coefficient (Wildman–Crippen LogP) is -0.654. The van der Waals surface area contributed by atoms with Crippen LogP contribution in [-0.4, -0.2) is 35.4 Å². The molecule has 2 unspecified atom stereocenters. The number of hydrogen-bond donors (Lipinski definition) is 0. The van der Waals surface area contributed by atoms with Crippen LogP contribution in [0, 0.1) is 0 Å². The second-order valence-corrected chi connectivity index (χ2v) is 5.36. The third-order valence-electron chi connectivity index (χ3n) is 3.80. The normalized spacial score (nSPS) is 27.3. The van der Waals surface area contributed by atoms with Gasteiger partial charge in [-0.3, -0.25) is 9.78 Å². The van der Waals surface area contributed by atoms with Crippen molar-refractivity contribution in [3.8, 4) is 0 Å². The summed E-state index contributed by atoms with van der Waals surface area (Å²) in [7, 11) is 2.21. The molecule has 18 heavy (non-hydrogen) atoms. The van der Waals surface area contributed by atoms with E-state index in [1.54, 1.807) is 6.92 Å². The van der Waals surface area contributed by atoms with Crippen molar-refractivity contribution in [1.29, 1.82) is 0 Å². The molecule has 0 aromatic carbocycles. The Kier molecular flexibility index (Phi) is 5.72. The van der Waals surface area contributed by atoms with Crippen molar-refractivity contribution in [2.24, 2.45) is 0 Å². The summed E-state index contributed by atoms with van der Waals surface area (Å²) < 4.78 is 0.848. The molecule has 4 heteroatoms. The molecule has 3 nitrogen and oxygen atoms in total. The Morgan fingerprint density at radius 1 is 1.50 bits per heavy atom. The van der Waals surface area contributed by atoms with Gasteiger partial charge in [0.2, 0.25) is 0 Å². The van der Waals surface area contributed by atoms with Gasteiger partial charge in [-0.15, -0.1) is 0 Å². The number of quaternary nitrogens is 1. The highest BCUT2D eigenvalue weighted by Crippen LogP contribution is 2.35. The molecule has 2 rings (SSSR count). The molecule has 2 heterocycles. The number of likely N-dealkylation sites (N-methyl/N-ethyl adjacent to an activating group) is 1. The minimum atomic E-state index is 0. The first-order valence-electron chi connectivity index (χ1n) is 6.35. The molecular formula is C14H21IN2O. The highest BCUT2D eigenvalue weighted by Gasteiger charge is 2.37. The first-order chi connectivity index (χ1) is 8.12. The second kappa shape index (κ2) is 6.61. The van der Waals surface area contributed by atoms with Crippen LogP contribution in [0.1, 0.15) is 37.8 Å². The van der Waals surface area contributed by atoms with Gasteiger partial charge in [0.25, 0.3) is 0 Å². The number of rotatable bonds is 3. The summed E-state index contributed by atoms with van der Waals surface area (Å²) in [6.07, 6.45) is 7.40. The Labute approximate surface area is 126 Å². The summed E-state index contributed by atoms with van der Waals surface area (Å²) in [5, 5.41) is 0. The van der Waals surface area contributed by atoms with Crippen LogP contribution in [0.5, 0.6) is 0 Å². The van der Waals surface area contributed by atoms with Crippen molar-refractivity contribution in [2.75, 3.05) is 20.1 Å². The van der Waals surface area contributed by atoms with Crippen molar-refractivity contribution < 1.29 is 33.3 Å². The van der Waals surface area contributed by atoms with Gasteiger partial charge in [0.15, 0.2) is 5.78 Å². The van der Waals surface area contributed by atoms with Crippen molar-refractivity contribution in [1.82, 2.24) is 4.98 Å². The number of ketones is 1. The number of hydrogen-bond acceptors (Lipinski definition) is 2. The first-order valence-corrected chi connectivity index (χ1v) is 6.35. The molecule has 1 saturated heterocycles. The molecule has 0 N–H and O–H groups in total. The molecule has 1 aliphatic rings. The van der Waals surface area contributed by atoms with E-state index in [1.165, 1.54) is 18.4 Å². The standard InChI is InChI=1S/C14H21N2O.HI/c1-12(17)11-16(2)9-4-3-7-14(16)13-6-5-8-15-10-13;/h5-6,8,10,14H,3-4,7,9,11H2,1-2H3;1H/q+1;/p-1. The van der Waals surface area contributed by atoms with Crippen LogP contribution in [0.25, 0.3) is 0 Å². The molecular weight excluding hydrogens is 339 g/mol. The highest BCUT2D eigenvalue weighted by molar-refractivity contribution is 5.76. The number of aromatic nitrogens is 1. The first kappa shape index (κ1) is 15.6. The Hall–Kier alpha value is -0.490. The molecule has 1 aromatic rings. The topological polar surface area (TPSA) is 30.0 Å². The number of carbonyl (C=O) groups is 1. The zero-order valence-electron chi connectivity index (χ0n) is 11.1. The molecule has 0 radical (unpaired) electrons. The van der Waals surface area contributed by atoms with Gasteiger partial charge in [-0.1, -0.05) is 6.07 Å². The van der Waals surface area contributed by atoms with Crippen molar-refractivity contribution in [2.45, 2.75) is 32.2 Å². The minimum Gasteiger partial charge on any atom is -1.00 e. The average molecular weight is 360 g/mol. The van der Waals surface area contributed by atoms with E-state index in [-0.39, 0.29) is 29.8 Å². The van der Waals surface area contributed by atoms with E-state index < -0.39 is 0 Å². The summed E-state index contributed by atoms with van der Waals surface area (Å²) >= 11 is 0. The Morgan fingerprint density at radius 2 is 2.28 bits per heavy atom. The molecule has 2 atom stereocenters. The predicted molar refractivity (Wildman–Crippen MR) is 67.4 cm³/mol. The Balaban J connectivity index is 0.00000162. The van der Waals surface area contributed by atoms with Gasteiger partial charge < -0.3 is 28.5 Å². The van der Waals surface area contributed by atoms with Crippen molar-refractivity contribution >= 4 is 5.78 Å². The van der Waals surface area contributed by atoms with Crippen LogP contribution in [0.3, 0.4) is 0 Å². The third kappa shape index (κ3) is 3.51. The lowest BCUT2D eigenvalue weighted by molar-refractivity contribution is -0.937. The third-order valence-corrected chi connectivity index (χ3v) is 3.80. The van der Waals surface area contributed by atoms with Crippen LogP contribution >= 0.6 is 0 Å².